The van der Waals surface area contributed by atoms with Crippen LogP contribution in [0.25, 0.3) is 0 Å². The summed E-state index contributed by atoms with van der Waals surface area (Å²) in [6, 6.07) is 9.97. The Labute approximate surface area is 78.5 Å². The molecule has 0 aliphatic carbocycles. The highest BCUT2D eigenvalue weighted by atomic mass is 79.9. The molecular weight excluding hydrogens is 222 g/mol. The molecular formula is C8H6BrNS. The van der Waals surface area contributed by atoms with Gasteiger partial charge in [-0.2, -0.15) is 5.26 Å². The molecule has 0 atom stereocenters. The number of halogens is 1. The molecule has 1 rings (SSSR count). The number of benzene rings is 1. The lowest BCUT2D eigenvalue weighted by atomic mass is 10.4. The number of thioether (sulfide) groups is 1. The number of nitrogens with zero attached hydrogens (tertiary/aromatic N) is 1. The van der Waals surface area contributed by atoms with Crippen molar-refractivity contribution in [2.75, 3.05) is 5.75 Å². The van der Waals surface area contributed by atoms with Crippen LogP contribution in [-0.4, -0.2) is 5.75 Å². The van der Waals surface area contributed by atoms with Crippen molar-refractivity contribution in [3.63, 3.8) is 0 Å². The summed E-state index contributed by atoms with van der Waals surface area (Å²) in [7, 11) is 0. The standard InChI is InChI=1S/C8H6BrNS/c9-7-3-1-2-4-8(7)11-6-5-10/h1-4H,6H2. The number of hydrogen-bond donors (Lipinski definition) is 0. The van der Waals surface area contributed by atoms with Crippen LogP contribution in [-0.2, 0) is 0 Å². The van der Waals surface area contributed by atoms with Gasteiger partial charge in [-0.1, -0.05) is 12.1 Å². The molecule has 3 heteroatoms. The van der Waals surface area contributed by atoms with Gasteiger partial charge in [0.2, 0.25) is 0 Å². The molecule has 56 valence electrons. The monoisotopic (exact) mass is 227 g/mol. The van der Waals surface area contributed by atoms with Gasteiger partial charge in [0.05, 0.1) is 11.8 Å². The van der Waals surface area contributed by atoms with Crippen molar-refractivity contribution in [3.05, 3.63) is 28.7 Å². The fourth-order valence-corrected chi connectivity index (χ4v) is 1.90. The Bertz CT molecular complexity index is 280. The average Bonchev–Trinajstić information content (AvgIpc) is 2.03. The molecule has 0 aromatic heterocycles. The Balaban J connectivity index is 2.71. The third-order valence-corrected chi connectivity index (χ3v) is 3.02. The largest absolute Gasteiger partial charge is 0.197 e. The number of hydrogen-bond acceptors (Lipinski definition) is 2. The molecule has 11 heavy (non-hydrogen) atoms. The molecule has 1 aromatic carbocycles. The lowest BCUT2D eigenvalue weighted by molar-refractivity contribution is 1.40. The summed E-state index contributed by atoms with van der Waals surface area (Å²) in [5.74, 6) is 0.503. The van der Waals surface area contributed by atoms with Crippen molar-refractivity contribution in [2.45, 2.75) is 4.90 Å². The topological polar surface area (TPSA) is 23.8 Å². The Morgan fingerprint density at radius 2 is 2.18 bits per heavy atom. The summed E-state index contributed by atoms with van der Waals surface area (Å²) in [6.45, 7) is 0. The second kappa shape index (κ2) is 4.42. The van der Waals surface area contributed by atoms with Crippen LogP contribution in [0.5, 0.6) is 0 Å². The predicted octanol–water partition coefficient (Wildman–Crippen LogP) is 3.06. The minimum atomic E-state index is 0.503. The first-order valence-electron chi connectivity index (χ1n) is 3.09. The van der Waals surface area contributed by atoms with E-state index in [0.29, 0.717) is 5.75 Å². The Kier molecular flexibility index (Phi) is 3.47. The maximum absolute atomic E-state index is 8.33. The highest BCUT2D eigenvalue weighted by molar-refractivity contribution is 9.10. The van der Waals surface area contributed by atoms with Crippen molar-refractivity contribution >= 4 is 27.7 Å². The molecule has 0 N–H and O–H groups in total. The van der Waals surface area contributed by atoms with E-state index in [9.17, 15) is 0 Å². The summed E-state index contributed by atoms with van der Waals surface area (Å²) >= 11 is 4.94. The van der Waals surface area contributed by atoms with E-state index < -0.39 is 0 Å². The summed E-state index contributed by atoms with van der Waals surface area (Å²) in [5.41, 5.74) is 0. The van der Waals surface area contributed by atoms with E-state index >= 15 is 0 Å². The third kappa shape index (κ3) is 2.57. The van der Waals surface area contributed by atoms with Crippen molar-refractivity contribution in [2.24, 2.45) is 0 Å². The third-order valence-electron chi connectivity index (χ3n) is 1.13. The molecule has 0 heterocycles. The van der Waals surface area contributed by atoms with Crippen LogP contribution in [0.2, 0.25) is 0 Å². The zero-order valence-electron chi connectivity index (χ0n) is 5.75. The minimum Gasteiger partial charge on any atom is -0.197 e. The molecule has 1 aromatic rings. The molecule has 0 amide bonds. The van der Waals surface area contributed by atoms with Gasteiger partial charge in [0.25, 0.3) is 0 Å². The Morgan fingerprint density at radius 3 is 2.82 bits per heavy atom. The van der Waals surface area contributed by atoms with E-state index in [1.54, 1.807) is 0 Å². The lowest BCUT2D eigenvalue weighted by Gasteiger charge is -1.98. The smallest absolute Gasteiger partial charge is 0.0855 e. The molecule has 0 bridgehead atoms. The van der Waals surface area contributed by atoms with E-state index in [1.165, 1.54) is 11.8 Å². The maximum Gasteiger partial charge on any atom is 0.0855 e. The fourth-order valence-electron chi connectivity index (χ4n) is 0.672. The molecule has 0 fully saturated rings. The maximum atomic E-state index is 8.33. The quantitative estimate of drug-likeness (QED) is 0.726. The molecule has 0 spiro atoms. The second-order valence-corrected chi connectivity index (χ2v) is 3.75. The van der Waals surface area contributed by atoms with Crippen LogP contribution in [0.15, 0.2) is 33.6 Å². The summed E-state index contributed by atoms with van der Waals surface area (Å²) in [6.07, 6.45) is 0. The van der Waals surface area contributed by atoms with Crippen molar-refractivity contribution in [3.8, 4) is 6.07 Å². The van der Waals surface area contributed by atoms with E-state index in [-0.39, 0.29) is 0 Å². The van der Waals surface area contributed by atoms with Crippen LogP contribution in [0, 0.1) is 11.3 Å². The molecule has 1 nitrogen and oxygen atoms in total. The highest BCUT2D eigenvalue weighted by Crippen LogP contribution is 2.26. The van der Waals surface area contributed by atoms with Gasteiger partial charge in [-0.05, 0) is 28.1 Å². The summed E-state index contributed by atoms with van der Waals surface area (Å²) in [5, 5.41) is 8.33. The fraction of sp³-hybridized carbons (Fsp3) is 0.125. The van der Waals surface area contributed by atoms with Gasteiger partial charge in [0, 0.05) is 9.37 Å². The highest BCUT2D eigenvalue weighted by Gasteiger charge is 1.96. The molecule has 0 unspecified atom stereocenters. The van der Waals surface area contributed by atoms with E-state index in [1.807, 2.05) is 24.3 Å². The van der Waals surface area contributed by atoms with E-state index in [2.05, 4.69) is 22.0 Å². The summed E-state index contributed by atoms with van der Waals surface area (Å²) in [4.78, 5) is 1.12. The molecule has 0 aliphatic heterocycles. The van der Waals surface area contributed by atoms with Crippen LogP contribution >= 0.6 is 27.7 Å². The predicted molar refractivity (Wildman–Crippen MR) is 50.5 cm³/mol. The van der Waals surface area contributed by atoms with Crippen molar-refractivity contribution in [1.29, 1.82) is 5.26 Å². The van der Waals surface area contributed by atoms with Gasteiger partial charge >= 0.3 is 0 Å². The van der Waals surface area contributed by atoms with Crippen molar-refractivity contribution in [1.82, 2.24) is 0 Å². The van der Waals surface area contributed by atoms with Crippen LogP contribution in [0.3, 0.4) is 0 Å². The Hall–Kier alpha value is -0.460. The summed E-state index contributed by atoms with van der Waals surface area (Å²) < 4.78 is 1.06. The van der Waals surface area contributed by atoms with Gasteiger partial charge < -0.3 is 0 Å². The second-order valence-electron chi connectivity index (χ2n) is 1.88. The SMILES string of the molecule is N#CCSc1ccccc1Br. The van der Waals surface area contributed by atoms with Gasteiger partial charge in [-0.3, -0.25) is 0 Å². The first-order chi connectivity index (χ1) is 5.34. The van der Waals surface area contributed by atoms with Gasteiger partial charge in [0.1, 0.15) is 0 Å². The molecule has 0 aliphatic rings. The van der Waals surface area contributed by atoms with Gasteiger partial charge in [0.15, 0.2) is 0 Å². The number of nitriles is 1. The number of rotatable bonds is 2. The zero-order valence-corrected chi connectivity index (χ0v) is 8.15. The van der Waals surface area contributed by atoms with Crippen molar-refractivity contribution < 1.29 is 0 Å². The average molecular weight is 228 g/mol. The van der Waals surface area contributed by atoms with Gasteiger partial charge in [-0.25, -0.2) is 0 Å². The van der Waals surface area contributed by atoms with Crippen LogP contribution in [0.1, 0.15) is 0 Å². The Morgan fingerprint density at radius 1 is 1.45 bits per heavy atom. The van der Waals surface area contributed by atoms with E-state index in [4.69, 9.17) is 5.26 Å². The molecule has 0 saturated heterocycles. The first-order valence-corrected chi connectivity index (χ1v) is 4.86. The molecule has 0 radical (unpaired) electrons. The van der Waals surface area contributed by atoms with E-state index in [0.717, 1.165) is 9.37 Å². The van der Waals surface area contributed by atoms with Gasteiger partial charge in [-0.15, -0.1) is 11.8 Å². The van der Waals surface area contributed by atoms with Crippen LogP contribution < -0.4 is 0 Å². The molecule has 0 saturated carbocycles. The van der Waals surface area contributed by atoms with Crippen LogP contribution in [0.4, 0.5) is 0 Å². The first kappa shape index (κ1) is 8.63. The lowest BCUT2D eigenvalue weighted by Crippen LogP contribution is -1.74. The normalized spacial score (nSPS) is 9.09. The minimum absolute atomic E-state index is 0.503. The zero-order chi connectivity index (χ0) is 8.10.